The lowest BCUT2D eigenvalue weighted by Crippen LogP contribution is -2.56. The predicted octanol–water partition coefficient (Wildman–Crippen LogP) is 3.21. The van der Waals surface area contributed by atoms with Crippen molar-refractivity contribution in [3.8, 4) is 0 Å². The topological polar surface area (TPSA) is 186 Å². The predicted molar refractivity (Wildman–Crippen MR) is 195 cm³/mol. The van der Waals surface area contributed by atoms with Crippen molar-refractivity contribution in [3.63, 3.8) is 0 Å². The van der Waals surface area contributed by atoms with Crippen LogP contribution in [0.25, 0.3) is 0 Å². The first-order valence-electron chi connectivity index (χ1n) is 18.3. The van der Waals surface area contributed by atoms with Gasteiger partial charge in [0, 0.05) is 38.0 Å². The van der Waals surface area contributed by atoms with Crippen molar-refractivity contribution in [3.05, 3.63) is 35.9 Å². The first-order valence-corrected chi connectivity index (χ1v) is 20.2. The van der Waals surface area contributed by atoms with Gasteiger partial charge < -0.3 is 26.0 Å². The number of guanidine groups is 1. The molecule has 2 heterocycles. The summed E-state index contributed by atoms with van der Waals surface area (Å²) in [4.78, 5) is 60.0. The quantitative estimate of drug-likeness (QED) is 0.175. The Morgan fingerprint density at radius 3 is 2.14 bits per heavy atom. The van der Waals surface area contributed by atoms with Gasteiger partial charge in [-0.05, 0) is 70.3 Å². The normalized spacial score (nSPS) is 20.7. The van der Waals surface area contributed by atoms with E-state index in [0.717, 1.165) is 43.9 Å². The molecule has 284 valence electrons. The minimum Gasteiger partial charge on any atom is -0.459 e. The van der Waals surface area contributed by atoms with Gasteiger partial charge in [-0.3, -0.25) is 19.2 Å². The zero-order valence-electron chi connectivity index (χ0n) is 31.0. The van der Waals surface area contributed by atoms with Crippen LogP contribution in [0.1, 0.15) is 97.5 Å². The number of aliphatic imine (C=N–C) groups is 1. The van der Waals surface area contributed by atoms with E-state index in [-0.39, 0.29) is 43.2 Å². The molecule has 3 amide bonds. The number of primary amides is 1. The van der Waals surface area contributed by atoms with Crippen LogP contribution < -0.4 is 11.5 Å². The highest BCUT2D eigenvalue weighted by atomic mass is 32.2. The highest BCUT2D eigenvalue weighted by molar-refractivity contribution is 7.88. The van der Waals surface area contributed by atoms with Crippen molar-refractivity contribution >= 4 is 39.7 Å². The summed E-state index contributed by atoms with van der Waals surface area (Å²) in [6, 6.07) is 7.42. The first-order chi connectivity index (χ1) is 23.9. The molecule has 1 saturated carbocycles. The molecule has 14 heteroatoms. The van der Waals surface area contributed by atoms with Gasteiger partial charge in [0.15, 0.2) is 5.96 Å². The van der Waals surface area contributed by atoms with Crippen LogP contribution in [-0.2, 0) is 40.4 Å². The number of hydrogen-bond donors (Lipinski definition) is 2. The number of sulfonamides is 1. The number of benzene rings is 1. The van der Waals surface area contributed by atoms with E-state index in [1.54, 1.807) is 13.8 Å². The lowest BCUT2D eigenvalue weighted by molar-refractivity contribution is -0.166. The number of piperidine rings is 1. The molecular formula is C37H58N6O7S. The highest BCUT2D eigenvalue weighted by Crippen LogP contribution is 2.34. The van der Waals surface area contributed by atoms with Gasteiger partial charge >= 0.3 is 5.97 Å². The highest BCUT2D eigenvalue weighted by Gasteiger charge is 2.42. The molecule has 0 unspecified atom stereocenters. The van der Waals surface area contributed by atoms with Crippen LogP contribution in [0.15, 0.2) is 35.3 Å². The molecule has 1 aliphatic carbocycles. The summed E-state index contributed by atoms with van der Waals surface area (Å²) in [7, 11) is -3.86. The molecule has 13 nitrogen and oxygen atoms in total. The maximum Gasteiger partial charge on any atom is 0.309 e. The Morgan fingerprint density at radius 2 is 1.55 bits per heavy atom. The van der Waals surface area contributed by atoms with Crippen LogP contribution in [-0.4, -0.2) is 102 Å². The van der Waals surface area contributed by atoms with Crippen molar-refractivity contribution in [2.45, 2.75) is 116 Å². The van der Waals surface area contributed by atoms with Crippen molar-refractivity contribution in [1.29, 1.82) is 0 Å². The van der Waals surface area contributed by atoms with Crippen LogP contribution in [0.5, 0.6) is 0 Å². The number of amides is 3. The Bertz CT molecular complexity index is 1530. The van der Waals surface area contributed by atoms with Crippen molar-refractivity contribution in [2.24, 2.45) is 33.7 Å². The van der Waals surface area contributed by atoms with Crippen LogP contribution in [0.2, 0.25) is 0 Å². The molecule has 2 saturated heterocycles. The summed E-state index contributed by atoms with van der Waals surface area (Å²) in [5, 5.41) is 0. The second kappa shape index (κ2) is 16.9. The number of hydrogen-bond acceptors (Lipinski definition) is 7. The monoisotopic (exact) mass is 730 g/mol. The smallest absolute Gasteiger partial charge is 0.309 e. The van der Waals surface area contributed by atoms with Crippen molar-refractivity contribution in [1.82, 2.24) is 14.1 Å². The van der Waals surface area contributed by atoms with Gasteiger partial charge in [-0.2, -0.15) is 9.30 Å². The molecule has 0 radical (unpaired) electrons. The summed E-state index contributed by atoms with van der Waals surface area (Å²) >= 11 is 0. The van der Waals surface area contributed by atoms with E-state index in [2.05, 4.69) is 4.99 Å². The zero-order valence-corrected chi connectivity index (χ0v) is 31.8. The van der Waals surface area contributed by atoms with Gasteiger partial charge in [-0.25, -0.2) is 8.42 Å². The molecule has 4 rings (SSSR count). The second-order valence-electron chi connectivity index (χ2n) is 15.9. The van der Waals surface area contributed by atoms with Gasteiger partial charge in [0.25, 0.3) is 5.91 Å². The molecule has 1 aromatic carbocycles. The first kappa shape index (κ1) is 40.3. The fourth-order valence-corrected chi connectivity index (χ4v) is 9.06. The number of likely N-dealkylation sites (tertiary alicyclic amines) is 2. The molecule has 0 spiro atoms. The molecule has 0 bridgehead atoms. The summed E-state index contributed by atoms with van der Waals surface area (Å²) in [6.45, 7) is 8.53. The molecular weight excluding hydrogens is 673 g/mol. The summed E-state index contributed by atoms with van der Waals surface area (Å²) < 4.78 is 33.9. The molecule has 3 fully saturated rings. The Balaban J connectivity index is 1.41. The third-order valence-electron chi connectivity index (χ3n) is 10.5. The summed E-state index contributed by atoms with van der Waals surface area (Å²) in [5.74, 6) is -1.73. The van der Waals surface area contributed by atoms with Crippen LogP contribution in [0.3, 0.4) is 0 Å². The van der Waals surface area contributed by atoms with Gasteiger partial charge in [0.1, 0.15) is 17.7 Å². The number of nitrogens with two attached hydrogens (primary N) is 2. The number of esters is 1. The SMILES string of the molecule is CC(C)(CC(C)(C)C(=O)N=C(N)N1CCC(CN([C@H](Cc2ccccc2)C(=O)N2CCC[C@H]2C(N)=O)S(C)(=O)=O)CC1)OC(=O)C1CCCCC1. The summed E-state index contributed by atoms with van der Waals surface area (Å²) in [6.07, 6.45) is 8.59. The van der Waals surface area contributed by atoms with Crippen molar-refractivity contribution < 1.29 is 32.3 Å². The Hall–Kier alpha value is -3.52. The largest absolute Gasteiger partial charge is 0.459 e. The van der Waals surface area contributed by atoms with Crippen LogP contribution in [0.4, 0.5) is 0 Å². The minimum absolute atomic E-state index is 0.0900. The molecule has 0 aromatic heterocycles. The molecule has 2 aliphatic heterocycles. The number of rotatable bonds is 13. The summed E-state index contributed by atoms with van der Waals surface area (Å²) in [5.41, 5.74) is 11.0. The molecule has 3 aliphatic rings. The Labute approximate surface area is 303 Å². The van der Waals surface area contributed by atoms with E-state index in [4.69, 9.17) is 16.2 Å². The van der Waals surface area contributed by atoms with E-state index in [1.807, 2.05) is 49.1 Å². The molecule has 2 atom stereocenters. The Morgan fingerprint density at radius 1 is 0.922 bits per heavy atom. The van der Waals surface area contributed by atoms with Gasteiger partial charge in [-0.15, -0.1) is 0 Å². The zero-order chi connectivity index (χ0) is 37.6. The third-order valence-corrected chi connectivity index (χ3v) is 11.8. The number of ether oxygens (including phenoxy) is 1. The Kier molecular flexibility index (Phi) is 13.3. The van der Waals surface area contributed by atoms with Gasteiger partial charge in [0.2, 0.25) is 21.8 Å². The molecule has 51 heavy (non-hydrogen) atoms. The number of carbonyl (C=O) groups excluding carboxylic acids is 4. The molecule has 4 N–H and O–H groups in total. The van der Waals surface area contributed by atoms with Gasteiger partial charge in [-0.1, -0.05) is 63.4 Å². The van der Waals surface area contributed by atoms with E-state index in [9.17, 15) is 27.6 Å². The second-order valence-corrected chi connectivity index (χ2v) is 17.8. The fourth-order valence-electron chi connectivity index (χ4n) is 7.96. The fraction of sp³-hybridized carbons (Fsp3) is 0.703. The third kappa shape index (κ3) is 11.0. The standard InChI is InChI=1S/C37H58N6O7S/c1-36(2,25-37(3,4)50-33(46)28-15-10-7-11-16-28)34(47)40-35(39)41-21-18-27(19-22-41)24-43(51(5,48)49)30(23-26-13-8-6-9-14-26)32(45)42-20-12-17-29(42)31(38)44/h6,8-9,13-14,27-30H,7,10-12,15-25H2,1-5H3,(H2,38,44)(H2,39,40,47)/t29-,30+/m0/s1. The lowest BCUT2D eigenvalue weighted by atomic mass is 9.80. The average molecular weight is 731 g/mol. The van der Waals surface area contributed by atoms with E-state index in [0.29, 0.717) is 45.3 Å². The maximum absolute atomic E-state index is 14.0. The van der Waals surface area contributed by atoms with Crippen molar-refractivity contribution in [2.75, 3.05) is 32.4 Å². The number of nitrogens with zero attached hydrogens (tertiary/aromatic N) is 4. The lowest BCUT2D eigenvalue weighted by Gasteiger charge is -2.38. The van der Waals surface area contributed by atoms with Crippen LogP contribution >= 0.6 is 0 Å². The minimum atomic E-state index is -3.86. The van der Waals surface area contributed by atoms with Gasteiger partial charge in [0.05, 0.1) is 12.2 Å². The maximum atomic E-state index is 14.0. The average Bonchev–Trinajstić information content (AvgIpc) is 3.57. The van der Waals surface area contributed by atoms with E-state index >= 15 is 0 Å². The molecule has 1 aromatic rings. The number of carbonyl (C=O) groups is 4. The van der Waals surface area contributed by atoms with E-state index in [1.165, 1.54) is 9.21 Å². The van der Waals surface area contributed by atoms with E-state index < -0.39 is 50.8 Å². The van der Waals surface area contributed by atoms with Crippen LogP contribution in [0, 0.1) is 17.3 Å².